The summed E-state index contributed by atoms with van der Waals surface area (Å²) >= 11 is 0. The minimum Gasteiger partial charge on any atom is -0.444 e. The SMILES string of the molecule is CON=C1CCN(C(=O)OC(C)(C)C)CC1C#N. The lowest BCUT2D eigenvalue weighted by atomic mass is 9.97. The van der Waals surface area contributed by atoms with Gasteiger partial charge in [0.2, 0.25) is 0 Å². The van der Waals surface area contributed by atoms with E-state index in [4.69, 9.17) is 14.8 Å². The third kappa shape index (κ3) is 3.91. The molecular weight excluding hydrogens is 234 g/mol. The van der Waals surface area contributed by atoms with E-state index in [0.717, 1.165) is 0 Å². The summed E-state index contributed by atoms with van der Waals surface area (Å²) < 4.78 is 5.27. The van der Waals surface area contributed by atoms with Crippen LogP contribution in [0.15, 0.2) is 5.16 Å². The second kappa shape index (κ2) is 5.71. The fourth-order valence-electron chi connectivity index (χ4n) is 1.67. The maximum atomic E-state index is 11.9. The molecule has 0 spiro atoms. The maximum Gasteiger partial charge on any atom is 0.410 e. The Balaban J connectivity index is 2.66. The van der Waals surface area contributed by atoms with Crippen molar-refractivity contribution in [3.63, 3.8) is 0 Å². The molecule has 100 valence electrons. The Kier molecular flexibility index (Phi) is 4.54. The molecule has 1 aliphatic rings. The Morgan fingerprint density at radius 1 is 1.56 bits per heavy atom. The molecule has 1 heterocycles. The molecule has 1 unspecified atom stereocenters. The number of nitrogens with zero attached hydrogens (tertiary/aromatic N) is 3. The fourth-order valence-corrected chi connectivity index (χ4v) is 1.67. The molecule has 0 radical (unpaired) electrons. The average Bonchev–Trinajstić information content (AvgIpc) is 2.27. The number of carbonyl (C=O) groups is 1. The third-order valence-electron chi connectivity index (χ3n) is 2.46. The summed E-state index contributed by atoms with van der Waals surface area (Å²) in [6, 6.07) is 2.13. The van der Waals surface area contributed by atoms with Crippen molar-refractivity contribution in [3.8, 4) is 6.07 Å². The second-order valence-electron chi connectivity index (χ2n) is 5.12. The average molecular weight is 253 g/mol. The lowest BCUT2D eigenvalue weighted by Crippen LogP contribution is -2.45. The summed E-state index contributed by atoms with van der Waals surface area (Å²) in [5, 5.41) is 12.9. The highest BCUT2D eigenvalue weighted by molar-refractivity contribution is 5.90. The molecule has 0 N–H and O–H groups in total. The summed E-state index contributed by atoms with van der Waals surface area (Å²) in [7, 11) is 1.45. The topological polar surface area (TPSA) is 74.9 Å². The number of oxime groups is 1. The van der Waals surface area contributed by atoms with E-state index < -0.39 is 11.5 Å². The second-order valence-corrected chi connectivity index (χ2v) is 5.12. The van der Waals surface area contributed by atoms with Crippen molar-refractivity contribution in [1.82, 2.24) is 4.90 Å². The highest BCUT2D eigenvalue weighted by Crippen LogP contribution is 2.17. The van der Waals surface area contributed by atoms with Gasteiger partial charge in [0.15, 0.2) is 0 Å². The fraction of sp³-hybridized carbons (Fsp3) is 0.750. The number of amides is 1. The monoisotopic (exact) mass is 253 g/mol. The first-order chi connectivity index (χ1) is 8.37. The van der Waals surface area contributed by atoms with E-state index in [9.17, 15) is 4.79 Å². The van der Waals surface area contributed by atoms with E-state index in [1.165, 1.54) is 12.0 Å². The Morgan fingerprint density at radius 3 is 2.72 bits per heavy atom. The molecule has 6 nitrogen and oxygen atoms in total. The Hall–Kier alpha value is -1.77. The van der Waals surface area contributed by atoms with Crippen molar-refractivity contribution in [2.75, 3.05) is 20.2 Å². The summed E-state index contributed by atoms with van der Waals surface area (Å²) in [6.45, 7) is 6.24. The molecule has 0 aromatic heterocycles. The van der Waals surface area contributed by atoms with Crippen LogP contribution in [0.3, 0.4) is 0 Å². The molecule has 1 atom stereocenters. The smallest absolute Gasteiger partial charge is 0.410 e. The zero-order chi connectivity index (χ0) is 13.8. The molecule has 6 heteroatoms. The van der Waals surface area contributed by atoms with Gasteiger partial charge in [0, 0.05) is 19.5 Å². The molecule has 0 aliphatic carbocycles. The van der Waals surface area contributed by atoms with Gasteiger partial charge in [-0.25, -0.2) is 4.79 Å². The minimum absolute atomic E-state index is 0.299. The zero-order valence-electron chi connectivity index (χ0n) is 11.3. The van der Waals surface area contributed by atoms with Crippen LogP contribution in [-0.2, 0) is 9.57 Å². The third-order valence-corrected chi connectivity index (χ3v) is 2.46. The number of hydrogen-bond donors (Lipinski definition) is 0. The van der Waals surface area contributed by atoms with Crippen LogP contribution in [0.1, 0.15) is 27.2 Å². The van der Waals surface area contributed by atoms with E-state index in [1.54, 1.807) is 0 Å². The molecule has 1 amide bonds. The van der Waals surface area contributed by atoms with E-state index in [2.05, 4.69) is 11.2 Å². The largest absolute Gasteiger partial charge is 0.444 e. The van der Waals surface area contributed by atoms with Crippen molar-refractivity contribution in [3.05, 3.63) is 0 Å². The van der Waals surface area contributed by atoms with E-state index in [-0.39, 0.29) is 6.09 Å². The molecule has 1 saturated heterocycles. The van der Waals surface area contributed by atoms with Crippen molar-refractivity contribution < 1.29 is 14.4 Å². The number of rotatable bonds is 1. The predicted octanol–water partition coefficient (Wildman–Crippen LogP) is 1.77. The molecule has 0 aromatic carbocycles. The van der Waals surface area contributed by atoms with E-state index in [0.29, 0.717) is 25.2 Å². The lowest BCUT2D eigenvalue weighted by molar-refractivity contribution is 0.0233. The molecule has 0 bridgehead atoms. The van der Waals surface area contributed by atoms with Crippen LogP contribution in [0.4, 0.5) is 4.79 Å². The first kappa shape index (κ1) is 14.3. The Bertz CT molecular complexity index is 379. The Morgan fingerprint density at radius 2 is 2.22 bits per heavy atom. The molecule has 1 rings (SSSR count). The van der Waals surface area contributed by atoms with Crippen molar-refractivity contribution >= 4 is 11.8 Å². The minimum atomic E-state index is -0.528. The number of carbonyl (C=O) groups excluding carboxylic acids is 1. The van der Waals surface area contributed by atoms with Crippen LogP contribution in [0.2, 0.25) is 0 Å². The quantitative estimate of drug-likeness (QED) is 0.667. The van der Waals surface area contributed by atoms with Crippen LogP contribution >= 0.6 is 0 Å². The number of nitriles is 1. The Labute approximate surface area is 107 Å². The number of ether oxygens (including phenoxy) is 1. The first-order valence-corrected chi connectivity index (χ1v) is 5.85. The van der Waals surface area contributed by atoms with Gasteiger partial charge in [-0.05, 0) is 20.8 Å². The van der Waals surface area contributed by atoms with E-state index >= 15 is 0 Å². The first-order valence-electron chi connectivity index (χ1n) is 5.85. The van der Waals surface area contributed by atoms with Gasteiger partial charge in [-0.3, -0.25) is 0 Å². The number of hydrogen-bond acceptors (Lipinski definition) is 5. The van der Waals surface area contributed by atoms with Crippen LogP contribution in [0.5, 0.6) is 0 Å². The van der Waals surface area contributed by atoms with Gasteiger partial charge in [0.1, 0.15) is 18.6 Å². The van der Waals surface area contributed by atoms with Crippen LogP contribution < -0.4 is 0 Å². The molecule has 0 aromatic rings. The standard InChI is InChI=1S/C12H19N3O3/c1-12(2,3)18-11(16)15-6-5-10(14-17-4)9(7-13)8-15/h9H,5-6,8H2,1-4H3. The van der Waals surface area contributed by atoms with Crippen molar-refractivity contribution in [2.45, 2.75) is 32.8 Å². The molecule has 1 fully saturated rings. The van der Waals surface area contributed by atoms with Crippen LogP contribution in [0, 0.1) is 17.2 Å². The van der Waals surface area contributed by atoms with Crippen molar-refractivity contribution in [1.29, 1.82) is 5.26 Å². The summed E-state index contributed by atoms with van der Waals surface area (Å²) in [5.41, 5.74) is 0.153. The number of piperidine rings is 1. The highest BCUT2D eigenvalue weighted by Gasteiger charge is 2.31. The normalized spacial score (nSPS) is 22.5. The summed E-state index contributed by atoms with van der Waals surface area (Å²) in [5.74, 6) is -0.425. The van der Waals surface area contributed by atoms with Crippen molar-refractivity contribution in [2.24, 2.45) is 11.1 Å². The van der Waals surface area contributed by atoms with E-state index in [1.807, 2.05) is 20.8 Å². The molecule has 0 saturated carbocycles. The van der Waals surface area contributed by atoms with Gasteiger partial charge in [0.25, 0.3) is 0 Å². The van der Waals surface area contributed by atoms with Gasteiger partial charge in [-0.15, -0.1) is 0 Å². The van der Waals surface area contributed by atoms with Gasteiger partial charge >= 0.3 is 6.09 Å². The molecular formula is C12H19N3O3. The van der Waals surface area contributed by atoms with Gasteiger partial charge in [-0.1, -0.05) is 5.16 Å². The zero-order valence-corrected chi connectivity index (χ0v) is 11.3. The van der Waals surface area contributed by atoms with Crippen LogP contribution in [-0.4, -0.2) is 42.5 Å². The maximum absolute atomic E-state index is 11.9. The predicted molar refractivity (Wildman–Crippen MR) is 66.0 cm³/mol. The van der Waals surface area contributed by atoms with Gasteiger partial charge < -0.3 is 14.5 Å². The molecule has 18 heavy (non-hydrogen) atoms. The van der Waals surface area contributed by atoms with Gasteiger partial charge in [-0.2, -0.15) is 5.26 Å². The summed E-state index contributed by atoms with van der Waals surface area (Å²) in [4.78, 5) is 18.1. The van der Waals surface area contributed by atoms with Gasteiger partial charge in [0.05, 0.1) is 11.8 Å². The summed E-state index contributed by atoms with van der Waals surface area (Å²) in [6.07, 6.45) is 0.143. The highest BCUT2D eigenvalue weighted by atomic mass is 16.6. The molecule has 1 aliphatic heterocycles. The van der Waals surface area contributed by atoms with Crippen LogP contribution in [0.25, 0.3) is 0 Å². The number of likely N-dealkylation sites (tertiary alicyclic amines) is 1. The lowest BCUT2D eigenvalue weighted by Gasteiger charge is -2.32.